The molecule has 0 aromatic carbocycles. The lowest BCUT2D eigenvalue weighted by atomic mass is 9.87. The number of carbonyl (C=O) groups is 1. The number of alkyl halides is 2. The van der Waals surface area contributed by atoms with E-state index < -0.39 is 23.9 Å². The lowest BCUT2D eigenvalue weighted by Gasteiger charge is -2.36. The maximum atomic E-state index is 14.2. The Morgan fingerprint density at radius 1 is 1.45 bits per heavy atom. The first-order chi connectivity index (χ1) is 13.8. The number of rotatable bonds is 4. The van der Waals surface area contributed by atoms with E-state index in [4.69, 9.17) is 5.73 Å². The number of nitrogens with zero attached hydrogens (tertiary/aromatic N) is 3. The second-order valence-corrected chi connectivity index (χ2v) is 8.25. The van der Waals surface area contributed by atoms with Crippen LogP contribution in [0.4, 0.5) is 8.78 Å². The Kier molecular flexibility index (Phi) is 4.95. The largest absolute Gasteiger partial charge is 0.340 e. The number of aromatic nitrogens is 3. The first kappa shape index (κ1) is 19.7. The highest BCUT2D eigenvalue weighted by Crippen LogP contribution is 2.33. The highest BCUT2D eigenvalue weighted by molar-refractivity contribution is 7.12. The fraction of sp³-hybridized carbons (Fsp3) is 0.350. The van der Waals surface area contributed by atoms with Crippen LogP contribution in [0.1, 0.15) is 41.6 Å². The van der Waals surface area contributed by atoms with E-state index in [0.29, 0.717) is 18.5 Å². The number of nitrogens with two attached hydrogens (primary N) is 1. The van der Waals surface area contributed by atoms with Crippen molar-refractivity contribution >= 4 is 28.3 Å². The Morgan fingerprint density at radius 2 is 2.24 bits per heavy atom. The zero-order chi connectivity index (χ0) is 20.8. The van der Waals surface area contributed by atoms with Gasteiger partial charge in [0.25, 0.3) is 11.8 Å². The zero-order valence-electron chi connectivity index (χ0n) is 15.9. The van der Waals surface area contributed by atoms with Gasteiger partial charge in [0.05, 0.1) is 17.4 Å². The third-order valence-corrected chi connectivity index (χ3v) is 6.04. The maximum absolute atomic E-state index is 14.2. The molecule has 6 nitrogen and oxygen atoms in total. The van der Waals surface area contributed by atoms with Crippen molar-refractivity contribution < 1.29 is 13.6 Å². The minimum absolute atomic E-state index is 0.117. The van der Waals surface area contributed by atoms with E-state index in [0.717, 1.165) is 33.6 Å². The van der Waals surface area contributed by atoms with Gasteiger partial charge in [0.2, 0.25) is 0 Å². The number of hydrogen-bond donors (Lipinski definition) is 2. The average molecular weight is 417 g/mol. The van der Waals surface area contributed by atoms with E-state index in [1.165, 1.54) is 0 Å². The molecule has 0 unspecified atom stereocenters. The molecule has 1 fully saturated rings. The molecule has 0 aliphatic heterocycles. The second kappa shape index (κ2) is 7.31. The van der Waals surface area contributed by atoms with E-state index in [-0.39, 0.29) is 11.4 Å². The van der Waals surface area contributed by atoms with Gasteiger partial charge in [0.15, 0.2) is 5.01 Å². The maximum Gasteiger partial charge on any atom is 0.280 e. The van der Waals surface area contributed by atoms with Crippen LogP contribution in [-0.4, -0.2) is 38.5 Å². The molecule has 3 aromatic heterocycles. The molecular weight excluding hydrogens is 396 g/mol. The van der Waals surface area contributed by atoms with Crippen molar-refractivity contribution in [2.45, 2.75) is 44.2 Å². The molecule has 0 saturated heterocycles. The van der Waals surface area contributed by atoms with Gasteiger partial charge in [0.1, 0.15) is 6.04 Å². The van der Waals surface area contributed by atoms with Crippen LogP contribution >= 0.6 is 11.3 Å². The SMILES string of the molecule is C=C(C)c1ccc2c(-c3csc(C(=O)N[C@@H]4[C@@H](N)CCCC4(F)F)n3)cnn2c1. The Balaban J connectivity index is 1.57. The Labute approximate surface area is 170 Å². The minimum atomic E-state index is -3.02. The lowest BCUT2D eigenvalue weighted by Crippen LogP contribution is -2.59. The van der Waals surface area contributed by atoms with Crippen LogP contribution in [0, 0.1) is 0 Å². The van der Waals surface area contributed by atoms with Gasteiger partial charge in [-0.1, -0.05) is 12.6 Å². The molecule has 29 heavy (non-hydrogen) atoms. The predicted octanol–water partition coefficient (Wildman–Crippen LogP) is 3.74. The number of carbonyl (C=O) groups excluding carboxylic acids is 1. The third kappa shape index (κ3) is 3.67. The molecule has 1 aliphatic rings. The molecule has 0 bridgehead atoms. The van der Waals surface area contributed by atoms with Gasteiger partial charge in [-0.05, 0) is 37.0 Å². The van der Waals surface area contributed by atoms with Crippen molar-refractivity contribution in [2.24, 2.45) is 5.73 Å². The van der Waals surface area contributed by atoms with E-state index in [1.54, 1.807) is 16.1 Å². The number of halogens is 2. The fourth-order valence-corrected chi connectivity index (χ4v) is 4.28. The molecule has 2 atom stereocenters. The van der Waals surface area contributed by atoms with Gasteiger partial charge in [0, 0.05) is 29.6 Å². The molecular formula is C20H21F2N5OS. The molecule has 1 aliphatic carbocycles. The monoisotopic (exact) mass is 417 g/mol. The van der Waals surface area contributed by atoms with Crippen molar-refractivity contribution in [1.82, 2.24) is 19.9 Å². The highest BCUT2D eigenvalue weighted by Gasteiger charge is 2.46. The molecule has 0 radical (unpaired) electrons. The number of hydrogen-bond acceptors (Lipinski definition) is 5. The molecule has 3 heterocycles. The summed E-state index contributed by atoms with van der Waals surface area (Å²) in [6.45, 7) is 5.84. The summed E-state index contributed by atoms with van der Waals surface area (Å²) in [5, 5.41) is 8.57. The van der Waals surface area contributed by atoms with Crippen LogP contribution in [0.5, 0.6) is 0 Å². The molecule has 1 amide bonds. The van der Waals surface area contributed by atoms with Crippen molar-refractivity contribution in [3.63, 3.8) is 0 Å². The quantitative estimate of drug-likeness (QED) is 0.677. The first-order valence-corrected chi connectivity index (χ1v) is 10.2. The fourth-order valence-electron chi connectivity index (χ4n) is 3.56. The number of pyridine rings is 1. The molecule has 3 aromatic rings. The van der Waals surface area contributed by atoms with E-state index in [9.17, 15) is 13.6 Å². The number of nitrogens with one attached hydrogen (secondary N) is 1. The van der Waals surface area contributed by atoms with Crippen molar-refractivity contribution in [1.29, 1.82) is 0 Å². The van der Waals surface area contributed by atoms with E-state index >= 15 is 0 Å². The standard InChI is InChI=1S/C20H21F2N5OS/c1-11(2)12-5-6-16-13(8-24-27(16)9-12)15-10-29-19(25-15)18(28)26-17-14(23)4-3-7-20(17,21)22/h5-6,8-10,14,17H,1,3-4,7,23H2,2H3,(H,26,28)/t14-,17+/m0/s1. The van der Waals surface area contributed by atoms with Gasteiger partial charge >= 0.3 is 0 Å². The van der Waals surface area contributed by atoms with Crippen molar-refractivity contribution in [2.75, 3.05) is 0 Å². The van der Waals surface area contributed by atoms with E-state index in [1.807, 2.05) is 25.3 Å². The summed E-state index contributed by atoms with van der Waals surface area (Å²) in [5.74, 6) is -3.65. The topological polar surface area (TPSA) is 85.3 Å². The molecule has 4 rings (SSSR count). The number of allylic oxidation sites excluding steroid dienone is 1. The van der Waals surface area contributed by atoms with Crippen molar-refractivity contribution in [3.8, 4) is 11.3 Å². The van der Waals surface area contributed by atoms with Crippen LogP contribution in [0.3, 0.4) is 0 Å². The normalized spacial score (nSPS) is 21.2. The molecule has 3 N–H and O–H groups in total. The van der Waals surface area contributed by atoms with Crippen LogP contribution < -0.4 is 11.1 Å². The molecule has 9 heteroatoms. The van der Waals surface area contributed by atoms with Gasteiger partial charge in [-0.15, -0.1) is 11.3 Å². The van der Waals surface area contributed by atoms with Crippen LogP contribution in [0.2, 0.25) is 0 Å². The lowest BCUT2D eigenvalue weighted by molar-refractivity contribution is -0.0674. The summed E-state index contributed by atoms with van der Waals surface area (Å²) in [6, 6.07) is 1.69. The van der Waals surface area contributed by atoms with Gasteiger partial charge in [-0.25, -0.2) is 18.3 Å². The molecule has 0 spiro atoms. The van der Waals surface area contributed by atoms with Crippen LogP contribution in [-0.2, 0) is 0 Å². The second-order valence-electron chi connectivity index (χ2n) is 7.39. The Morgan fingerprint density at radius 3 is 2.97 bits per heavy atom. The Hall–Kier alpha value is -2.65. The summed E-state index contributed by atoms with van der Waals surface area (Å²) in [6.07, 6.45) is 4.07. The van der Waals surface area contributed by atoms with Gasteiger partial charge in [-0.2, -0.15) is 5.10 Å². The highest BCUT2D eigenvalue weighted by atomic mass is 32.1. The summed E-state index contributed by atoms with van der Waals surface area (Å²) < 4.78 is 30.0. The first-order valence-electron chi connectivity index (χ1n) is 9.30. The predicted molar refractivity (Wildman–Crippen MR) is 109 cm³/mol. The Bertz CT molecular complexity index is 1090. The minimum Gasteiger partial charge on any atom is -0.340 e. The number of thiazole rings is 1. The summed E-state index contributed by atoms with van der Waals surface area (Å²) in [4.78, 5) is 16.9. The zero-order valence-corrected chi connectivity index (χ0v) is 16.7. The van der Waals surface area contributed by atoms with Crippen LogP contribution in [0.15, 0.2) is 36.5 Å². The van der Waals surface area contributed by atoms with Gasteiger partial charge in [-0.3, -0.25) is 4.79 Å². The van der Waals surface area contributed by atoms with Crippen molar-refractivity contribution in [3.05, 3.63) is 47.1 Å². The van der Waals surface area contributed by atoms with E-state index in [2.05, 4.69) is 22.0 Å². The average Bonchev–Trinajstić information content (AvgIpc) is 3.30. The summed E-state index contributed by atoms with van der Waals surface area (Å²) in [5.41, 5.74) is 9.88. The summed E-state index contributed by atoms with van der Waals surface area (Å²) >= 11 is 1.10. The molecule has 152 valence electrons. The number of fused-ring (bicyclic) bond motifs is 1. The summed E-state index contributed by atoms with van der Waals surface area (Å²) in [7, 11) is 0. The van der Waals surface area contributed by atoms with Gasteiger partial charge < -0.3 is 11.1 Å². The van der Waals surface area contributed by atoms with Crippen LogP contribution in [0.25, 0.3) is 22.3 Å². The third-order valence-electron chi connectivity index (χ3n) is 5.20. The number of amides is 1. The molecule has 1 saturated carbocycles. The smallest absolute Gasteiger partial charge is 0.280 e.